The maximum Gasteiger partial charge on any atom is 0.0239 e. The molecule has 1 aliphatic carbocycles. The third kappa shape index (κ3) is 5.39. The van der Waals surface area contributed by atoms with E-state index in [9.17, 15) is 0 Å². The smallest absolute Gasteiger partial charge is 0.0239 e. The van der Waals surface area contributed by atoms with E-state index in [0.717, 1.165) is 19.0 Å². The fourth-order valence-corrected chi connectivity index (χ4v) is 4.64. The van der Waals surface area contributed by atoms with Crippen LogP contribution in [-0.2, 0) is 6.54 Å². The lowest BCUT2D eigenvalue weighted by Gasteiger charge is -2.43. The summed E-state index contributed by atoms with van der Waals surface area (Å²) >= 11 is 1.80. The van der Waals surface area contributed by atoms with Gasteiger partial charge in [0.15, 0.2) is 0 Å². The average Bonchev–Trinajstić information content (AvgIpc) is 2.91. The van der Waals surface area contributed by atoms with Crippen LogP contribution < -0.4 is 5.32 Å². The molecule has 21 heavy (non-hydrogen) atoms. The highest BCUT2D eigenvalue weighted by atomic mass is 32.1. The van der Waals surface area contributed by atoms with Gasteiger partial charge in [0, 0.05) is 19.6 Å². The molecular formula is C18H32N2S. The predicted molar refractivity (Wildman–Crippen MR) is 93.9 cm³/mol. The number of rotatable bonds is 8. The maximum absolute atomic E-state index is 3.71. The number of hydrogen-bond donors (Lipinski definition) is 1. The van der Waals surface area contributed by atoms with Crippen molar-refractivity contribution in [3.63, 3.8) is 0 Å². The van der Waals surface area contributed by atoms with Gasteiger partial charge < -0.3 is 10.2 Å². The lowest BCUT2D eigenvalue weighted by atomic mass is 9.69. The molecule has 2 nitrogen and oxygen atoms in total. The van der Waals surface area contributed by atoms with E-state index in [1.807, 2.05) is 0 Å². The number of thiophene rings is 1. The van der Waals surface area contributed by atoms with Crippen LogP contribution in [0.2, 0.25) is 0 Å². The van der Waals surface area contributed by atoms with Crippen molar-refractivity contribution in [1.29, 1.82) is 0 Å². The zero-order valence-corrected chi connectivity index (χ0v) is 14.8. The first kappa shape index (κ1) is 17.0. The molecule has 1 aromatic heterocycles. The Balaban J connectivity index is 1.93. The standard InChI is InChI=1S/C18H32N2S/c1-4-9-19-14-18(8-5-6-16(2)11-18)15-20(3)12-17-7-10-21-13-17/h7,10,13,16,19H,4-6,8-9,11-12,14-15H2,1-3H3. The molecule has 0 radical (unpaired) electrons. The lowest BCUT2D eigenvalue weighted by Crippen LogP contribution is -2.45. The third-order valence-electron chi connectivity index (χ3n) is 4.75. The summed E-state index contributed by atoms with van der Waals surface area (Å²) in [6, 6.07) is 2.26. The second-order valence-electron chi connectivity index (χ2n) is 7.18. The van der Waals surface area contributed by atoms with Gasteiger partial charge in [0.1, 0.15) is 0 Å². The van der Waals surface area contributed by atoms with Crippen LogP contribution in [0.15, 0.2) is 16.8 Å². The summed E-state index contributed by atoms with van der Waals surface area (Å²) in [5.74, 6) is 0.886. The van der Waals surface area contributed by atoms with Gasteiger partial charge in [-0.05, 0) is 66.6 Å². The fraction of sp³-hybridized carbons (Fsp3) is 0.778. The Morgan fingerprint density at radius 2 is 2.33 bits per heavy atom. The minimum atomic E-state index is 0.484. The molecule has 0 aliphatic heterocycles. The molecule has 0 spiro atoms. The summed E-state index contributed by atoms with van der Waals surface area (Å²) < 4.78 is 0. The molecule has 1 N–H and O–H groups in total. The van der Waals surface area contributed by atoms with E-state index in [0.29, 0.717) is 5.41 Å². The number of nitrogens with zero attached hydrogens (tertiary/aromatic N) is 1. The Labute approximate surface area is 134 Å². The summed E-state index contributed by atoms with van der Waals surface area (Å²) in [6.45, 7) is 9.36. The van der Waals surface area contributed by atoms with Gasteiger partial charge in [0.2, 0.25) is 0 Å². The Bertz CT molecular complexity index is 390. The molecule has 2 rings (SSSR count). The quantitative estimate of drug-likeness (QED) is 0.717. The van der Waals surface area contributed by atoms with Crippen LogP contribution in [0.25, 0.3) is 0 Å². The molecule has 120 valence electrons. The Hall–Kier alpha value is -0.380. The van der Waals surface area contributed by atoms with E-state index in [-0.39, 0.29) is 0 Å². The van der Waals surface area contributed by atoms with Crippen molar-refractivity contribution in [2.45, 2.75) is 52.5 Å². The third-order valence-corrected chi connectivity index (χ3v) is 5.48. The highest BCUT2D eigenvalue weighted by Gasteiger charge is 2.35. The minimum Gasteiger partial charge on any atom is -0.316 e. The molecule has 1 aliphatic rings. The Morgan fingerprint density at radius 1 is 1.48 bits per heavy atom. The summed E-state index contributed by atoms with van der Waals surface area (Å²) in [7, 11) is 2.29. The van der Waals surface area contributed by atoms with E-state index >= 15 is 0 Å². The van der Waals surface area contributed by atoms with Crippen LogP contribution in [0.4, 0.5) is 0 Å². The van der Waals surface area contributed by atoms with Crippen molar-refractivity contribution in [2.75, 3.05) is 26.7 Å². The van der Waals surface area contributed by atoms with Crippen molar-refractivity contribution >= 4 is 11.3 Å². The molecule has 2 unspecified atom stereocenters. The van der Waals surface area contributed by atoms with Gasteiger partial charge in [-0.2, -0.15) is 11.3 Å². The van der Waals surface area contributed by atoms with Crippen molar-refractivity contribution < 1.29 is 0 Å². The summed E-state index contributed by atoms with van der Waals surface area (Å²) in [5, 5.41) is 8.17. The van der Waals surface area contributed by atoms with Gasteiger partial charge in [0.25, 0.3) is 0 Å². The van der Waals surface area contributed by atoms with Gasteiger partial charge in [0.05, 0.1) is 0 Å². The maximum atomic E-state index is 3.71. The van der Waals surface area contributed by atoms with Gasteiger partial charge in [-0.15, -0.1) is 0 Å². The zero-order valence-electron chi connectivity index (χ0n) is 14.0. The minimum absolute atomic E-state index is 0.484. The zero-order chi connectivity index (χ0) is 15.1. The predicted octanol–water partition coefficient (Wildman–Crippen LogP) is 4.38. The van der Waals surface area contributed by atoms with Gasteiger partial charge >= 0.3 is 0 Å². The van der Waals surface area contributed by atoms with Crippen LogP contribution >= 0.6 is 11.3 Å². The number of hydrogen-bond acceptors (Lipinski definition) is 3. The second-order valence-corrected chi connectivity index (χ2v) is 7.96. The van der Waals surface area contributed by atoms with Crippen LogP contribution in [0, 0.1) is 11.3 Å². The number of nitrogens with one attached hydrogen (secondary N) is 1. The van der Waals surface area contributed by atoms with Gasteiger partial charge in [-0.3, -0.25) is 0 Å². The molecule has 0 bridgehead atoms. The molecule has 2 atom stereocenters. The topological polar surface area (TPSA) is 15.3 Å². The van der Waals surface area contributed by atoms with Crippen molar-refractivity contribution in [3.05, 3.63) is 22.4 Å². The van der Waals surface area contributed by atoms with E-state index in [1.165, 1.54) is 50.8 Å². The highest BCUT2D eigenvalue weighted by molar-refractivity contribution is 7.07. The molecule has 0 aromatic carbocycles. The summed E-state index contributed by atoms with van der Waals surface area (Å²) in [6.07, 6.45) is 6.83. The molecule has 1 aromatic rings. The molecule has 1 heterocycles. The monoisotopic (exact) mass is 308 g/mol. The first-order chi connectivity index (χ1) is 10.1. The molecule has 1 saturated carbocycles. The van der Waals surface area contributed by atoms with Crippen LogP contribution in [0.3, 0.4) is 0 Å². The molecule has 0 saturated heterocycles. The van der Waals surface area contributed by atoms with Crippen molar-refractivity contribution in [1.82, 2.24) is 10.2 Å². The van der Waals surface area contributed by atoms with E-state index in [4.69, 9.17) is 0 Å². The largest absolute Gasteiger partial charge is 0.316 e. The SMILES string of the molecule is CCCNCC1(CN(C)Cc2ccsc2)CCCC(C)C1. The highest BCUT2D eigenvalue weighted by Crippen LogP contribution is 2.39. The van der Waals surface area contributed by atoms with E-state index < -0.39 is 0 Å². The van der Waals surface area contributed by atoms with Crippen molar-refractivity contribution in [3.8, 4) is 0 Å². The Morgan fingerprint density at radius 3 is 3.00 bits per heavy atom. The second kappa shape index (κ2) is 8.30. The van der Waals surface area contributed by atoms with Crippen LogP contribution in [0.5, 0.6) is 0 Å². The van der Waals surface area contributed by atoms with Crippen LogP contribution in [0.1, 0.15) is 51.5 Å². The molecule has 3 heteroatoms. The summed E-state index contributed by atoms with van der Waals surface area (Å²) in [4.78, 5) is 2.54. The molecule has 0 amide bonds. The fourth-order valence-electron chi connectivity index (χ4n) is 3.98. The van der Waals surface area contributed by atoms with E-state index in [1.54, 1.807) is 11.3 Å². The Kier molecular flexibility index (Phi) is 6.72. The molecular weight excluding hydrogens is 276 g/mol. The first-order valence-corrected chi connectivity index (χ1v) is 9.48. The average molecular weight is 309 g/mol. The lowest BCUT2D eigenvalue weighted by molar-refractivity contribution is 0.0892. The normalized spacial score (nSPS) is 26.4. The summed E-state index contributed by atoms with van der Waals surface area (Å²) in [5.41, 5.74) is 1.94. The first-order valence-electron chi connectivity index (χ1n) is 8.54. The van der Waals surface area contributed by atoms with Gasteiger partial charge in [-0.25, -0.2) is 0 Å². The van der Waals surface area contributed by atoms with E-state index in [2.05, 4.69) is 47.9 Å². The molecule has 1 fully saturated rings. The van der Waals surface area contributed by atoms with Crippen molar-refractivity contribution in [2.24, 2.45) is 11.3 Å². The van der Waals surface area contributed by atoms with Crippen LogP contribution in [-0.4, -0.2) is 31.6 Å². The van der Waals surface area contributed by atoms with Gasteiger partial charge in [-0.1, -0.05) is 26.7 Å².